The fourth-order valence-corrected chi connectivity index (χ4v) is 1.63. The summed E-state index contributed by atoms with van der Waals surface area (Å²) in [4.78, 5) is 24.0. The standard InChI is InChI=1S/C11H20N2O4/c1-8(10(14)15)3-4-12-11(16)13-5-6-17-9(2)7-13/h8-9H,3-7H2,1-2H3,(H,12,16)(H,14,15). The van der Waals surface area contributed by atoms with Crippen LogP contribution in [0, 0.1) is 5.92 Å². The number of morpholine rings is 1. The Morgan fingerprint density at radius 1 is 1.59 bits per heavy atom. The van der Waals surface area contributed by atoms with E-state index < -0.39 is 11.9 Å². The minimum atomic E-state index is -0.834. The monoisotopic (exact) mass is 244 g/mol. The summed E-state index contributed by atoms with van der Waals surface area (Å²) in [6.45, 7) is 5.67. The topological polar surface area (TPSA) is 78.9 Å². The van der Waals surface area contributed by atoms with Gasteiger partial charge in [-0.15, -0.1) is 0 Å². The van der Waals surface area contributed by atoms with Crippen LogP contribution in [0.2, 0.25) is 0 Å². The van der Waals surface area contributed by atoms with Gasteiger partial charge in [0.15, 0.2) is 0 Å². The molecule has 6 heteroatoms. The molecule has 1 rings (SSSR count). The number of rotatable bonds is 4. The molecule has 98 valence electrons. The lowest BCUT2D eigenvalue weighted by molar-refractivity contribution is -0.141. The summed E-state index contributed by atoms with van der Waals surface area (Å²) in [7, 11) is 0. The van der Waals surface area contributed by atoms with Gasteiger partial charge in [0.1, 0.15) is 0 Å². The van der Waals surface area contributed by atoms with Gasteiger partial charge in [0.25, 0.3) is 0 Å². The van der Waals surface area contributed by atoms with E-state index in [9.17, 15) is 9.59 Å². The third kappa shape index (κ3) is 4.60. The Balaban J connectivity index is 2.22. The smallest absolute Gasteiger partial charge is 0.317 e. The molecule has 0 saturated carbocycles. The highest BCUT2D eigenvalue weighted by molar-refractivity contribution is 5.74. The van der Waals surface area contributed by atoms with Gasteiger partial charge in [0.2, 0.25) is 0 Å². The van der Waals surface area contributed by atoms with Crippen LogP contribution in [0.1, 0.15) is 20.3 Å². The molecule has 0 radical (unpaired) electrons. The van der Waals surface area contributed by atoms with Gasteiger partial charge in [0.05, 0.1) is 18.6 Å². The molecule has 0 aromatic carbocycles. The summed E-state index contributed by atoms with van der Waals surface area (Å²) in [5.74, 6) is -1.27. The summed E-state index contributed by atoms with van der Waals surface area (Å²) >= 11 is 0. The molecule has 1 heterocycles. The highest BCUT2D eigenvalue weighted by Crippen LogP contribution is 2.05. The third-order valence-corrected chi connectivity index (χ3v) is 2.80. The van der Waals surface area contributed by atoms with Crippen LogP contribution >= 0.6 is 0 Å². The van der Waals surface area contributed by atoms with Gasteiger partial charge in [-0.05, 0) is 13.3 Å². The molecule has 1 fully saturated rings. The van der Waals surface area contributed by atoms with E-state index in [0.29, 0.717) is 32.7 Å². The van der Waals surface area contributed by atoms with E-state index in [1.54, 1.807) is 11.8 Å². The van der Waals surface area contributed by atoms with Crippen molar-refractivity contribution < 1.29 is 19.4 Å². The Labute approximate surface area is 101 Å². The molecule has 0 aromatic heterocycles. The van der Waals surface area contributed by atoms with Gasteiger partial charge in [0, 0.05) is 19.6 Å². The molecule has 1 saturated heterocycles. The normalized spacial score (nSPS) is 22.0. The van der Waals surface area contributed by atoms with E-state index >= 15 is 0 Å². The average molecular weight is 244 g/mol. The molecule has 0 aromatic rings. The molecule has 17 heavy (non-hydrogen) atoms. The van der Waals surface area contributed by atoms with Crippen molar-refractivity contribution in [3.63, 3.8) is 0 Å². The van der Waals surface area contributed by atoms with Crippen molar-refractivity contribution in [1.82, 2.24) is 10.2 Å². The van der Waals surface area contributed by atoms with Crippen LogP contribution in [-0.2, 0) is 9.53 Å². The number of carbonyl (C=O) groups excluding carboxylic acids is 1. The number of ether oxygens (including phenoxy) is 1. The summed E-state index contributed by atoms with van der Waals surface area (Å²) < 4.78 is 5.33. The predicted octanol–water partition coefficient (Wildman–Crippen LogP) is 0.527. The van der Waals surface area contributed by atoms with Gasteiger partial charge in [-0.2, -0.15) is 0 Å². The minimum absolute atomic E-state index is 0.0624. The van der Waals surface area contributed by atoms with Crippen LogP contribution in [0.15, 0.2) is 0 Å². The van der Waals surface area contributed by atoms with E-state index in [-0.39, 0.29) is 12.1 Å². The van der Waals surface area contributed by atoms with Gasteiger partial charge >= 0.3 is 12.0 Å². The number of carboxylic acid groups (broad SMARTS) is 1. The number of amides is 2. The number of nitrogens with one attached hydrogen (secondary N) is 1. The van der Waals surface area contributed by atoms with Crippen molar-refractivity contribution in [2.75, 3.05) is 26.2 Å². The third-order valence-electron chi connectivity index (χ3n) is 2.80. The first kappa shape index (κ1) is 13.8. The number of nitrogens with zero attached hydrogens (tertiary/aromatic N) is 1. The lowest BCUT2D eigenvalue weighted by atomic mass is 10.1. The Hall–Kier alpha value is -1.30. The summed E-state index contributed by atoms with van der Waals surface area (Å²) in [5.41, 5.74) is 0. The minimum Gasteiger partial charge on any atom is -0.481 e. The quantitative estimate of drug-likeness (QED) is 0.756. The zero-order valence-corrected chi connectivity index (χ0v) is 10.3. The van der Waals surface area contributed by atoms with E-state index in [4.69, 9.17) is 9.84 Å². The maximum atomic E-state index is 11.7. The van der Waals surface area contributed by atoms with E-state index in [2.05, 4.69) is 5.32 Å². The van der Waals surface area contributed by atoms with Gasteiger partial charge < -0.3 is 20.1 Å². The van der Waals surface area contributed by atoms with Crippen molar-refractivity contribution in [3.8, 4) is 0 Å². The van der Waals surface area contributed by atoms with E-state index in [0.717, 1.165) is 0 Å². The molecule has 0 spiro atoms. The second-order valence-electron chi connectivity index (χ2n) is 4.39. The molecular weight excluding hydrogens is 224 g/mol. The number of aliphatic carboxylic acids is 1. The predicted molar refractivity (Wildman–Crippen MR) is 61.8 cm³/mol. The number of carboxylic acids is 1. The van der Waals surface area contributed by atoms with E-state index in [1.165, 1.54) is 0 Å². The van der Waals surface area contributed by atoms with Crippen molar-refractivity contribution >= 4 is 12.0 Å². The highest BCUT2D eigenvalue weighted by atomic mass is 16.5. The number of hydrogen-bond acceptors (Lipinski definition) is 3. The highest BCUT2D eigenvalue weighted by Gasteiger charge is 2.21. The van der Waals surface area contributed by atoms with Crippen molar-refractivity contribution in [2.24, 2.45) is 5.92 Å². The zero-order valence-electron chi connectivity index (χ0n) is 10.3. The van der Waals surface area contributed by atoms with E-state index in [1.807, 2.05) is 6.92 Å². The molecule has 2 unspecified atom stereocenters. The first-order valence-corrected chi connectivity index (χ1v) is 5.88. The Kier molecular flexibility index (Phi) is 5.21. The number of hydrogen-bond donors (Lipinski definition) is 2. The molecule has 2 amide bonds. The Bertz CT molecular complexity index is 283. The van der Waals surface area contributed by atoms with Crippen LogP contribution in [0.25, 0.3) is 0 Å². The summed E-state index contributed by atoms with van der Waals surface area (Å²) in [5, 5.41) is 11.4. The molecule has 2 N–H and O–H groups in total. The summed E-state index contributed by atoms with van der Waals surface area (Å²) in [6.07, 6.45) is 0.508. The van der Waals surface area contributed by atoms with Crippen LogP contribution in [0.5, 0.6) is 0 Å². The number of carbonyl (C=O) groups is 2. The van der Waals surface area contributed by atoms with Crippen molar-refractivity contribution in [2.45, 2.75) is 26.4 Å². The van der Waals surface area contributed by atoms with Gasteiger partial charge in [-0.3, -0.25) is 4.79 Å². The van der Waals surface area contributed by atoms with Gasteiger partial charge in [-0.25, -0.2) is 4.79 Å². The SMILES string of the molecule is CC1CN(C(=O)NCCC(C)C(=O)O)CCO1. The second kappa shape index (κ2) is 6.44. The number of urea groups is 1. The molecule has 0 aliphatic carbocycles. The van der Waals surface area contributed by atoms with Crippen molar-refractivity contribution in [3.05, 3.63) is 0 Å². The van der Waals surface area contributed by atoms with Crippen molar-refractivity contribution in [1.29, 1.82) is 0 Å². The fourth-order valence-electron chi connectivity index (χ4n) is 1.63. The molecular formula is C11H20N2O4. The maximum absolute atomic E-state index is 11.7. The zero-order chi connectivity index (χ0) is 12.8. The average Bonchev–Trinajstić information content (AvgIpc) is 2.28. The molecule has 1 aliphatic heterocycles. The first-order valence-electron chi connectivity index (χ1n) is 5.88. The summed E-state index contributed by atoms with van der Waals surface area (Å²) in [6, 6.07) is -0.141. The molecule has 1 aliphatic rings. The largest absolute Gasteiger partial charge is 0.481 e. The lowest BCUT2D eigenvalue weighted by Gasteiger charge is -2.31. The first-order chi connectivity index (χ1) is 8.00. The molecule has 0 bridgehead atoms. The molecule has 2 atom stereocenters. The van der Waals surface area contributed by atoms with Crippen LogP contribution < -0.4 is 5.32 Å². The van der Waals surface area contributed by atoms with Crippen LogP contribution in [0.4, 0.5) is 4.79 Å². The van der Waals surface area contributed by atoms with Gasteiger partial charge in [-0.1, -0.05) is 6.92 Å². The second-order valence-corrected chi connectivity index (χ2v) is 4.39. The Morgan fingerprint density at radius 3 is 2.88 bits per heavy atom. The maximum Gasteiger partial charge on any atom is 0.317 e. The fraction of sp³-hybridized carbons (Fsp3) is 0.818. The van der Waals surface area contributed by atoms with Crippen LogP contribution in [0.3, 0.4) is 0 Å². The lowest BCUT2D eigenvalue weighted by Crippen LogP contribution is -2.49. The molecule has 6 nitrogen and oxygen atoms in total. The Morgan fingerprint density at radius 2 is 2.29 bits per heavy atom. The van der Waals surface area contributed by atoms with Crippen LogP contribution in [-0.4, -0.2) is 54.4 Å².